The van der Waals surface area contributed by atoms with Gasteiger partial charge in [0.15, 0.2) is 0 Å². The number of hydrogen-bond acceptors (Lipinski definition) is 0. The highest BCUT2D eigenvalue weighted by molar-refractivity contribution is 7.18. The molecule has 0 bridgehead atoms. The Morgan fingerprint density at radius 1 is 1.25 bits per heavy atom. The molecule has 1 aliphatic rings. The molecule has 72 valence electrons. The molecule has 0 N–H and O–H groups in total. The van der Waals surface area contributed by atoms with Crippen LogP contribution < -0.4 is 0 Å². The molecule has 0 aromatic carbocycles. The van der Waals surface area contributed by atoms with Crippen LogP contribution in [0, 0.1) is 5.92 Å². The summed E-state index contributed by atoms with van der Waals surface area (Å²) in [6, 6.07) is 0. The van der Waals surface area contributed by atoms with Crippen LogP contribution >= 0.6 is 9.24 Å². The second-order valence-corrected chi connectivity index (χ2v) is 5.91. The van der Waals surface area contributed by atoms with Gasteiger partial charge >= 0.3 is 0 Å². The molecule has 1 saturated carbocycles. The standard InChI is InChI=1S/C11H23P/c1-3-9-11(2,12)10-7-5-4-6-8-10/h10H,3-9,12H2,1-2H3. The smallest absolute Gasteiger partial charge is 0.0150 e. The average molecular weight is 186 g/mol. The van der Waals surface area contributed by atoms with Crippen LogP contribution in [0.3, 0.4) is 0 Å². The largest absolute Gasteiger partial charge is 0.131 e. The van der Waals surface area contributed by atoms with Gasteiger partial charge in [0.25, 0.3) is 0 Å². The van der Waals surface area contributed by atoms with E-state index in [0.717, 1.165) is 5.92 Å². The van der Waals surface area contributed by atoms with E-state index in [1.54, 1.807) is 0 Å². The molecule has 0 spiro atoms. The zero-order valence-corrected chi connectivity index (χ0v) is 9.76. The van der Waals surface area contributed by atoms with E-state index in [4.69, 9.17) is 0 Å². The van der Waals surface area contributed by atoms with Crippen LogP contribution in [0.15, 0.2) is 0 Å². The first-order chi connectivity index (χ1) is 5.67. The molecule has 2 atom stereocenters. The third kappa shape index (κ3) is 2.73. The molecule has 0 aromatic rings. The lowest BCUT2D eigenvalue weighted by Crippen LogP contribution is -2.29. The van der Waals surface area contributed by atoms with Gasteiger partial charge in [0.05, 0.1) is 0 Å². The monoisotopic (exact) mass is 186 g/mol. The lowest BCUT2D eigenvalue weighted by molar-refractivity contribution is 0.278. The fourth-order valence-corrected chi connectivity index (χ4v) is 3.13. The number of hydrogen-bond donors (Lipinski definition) is 0. The highest BCUT2D eigenvalue weighted by atomic mass is 31.0. The molecule has 0 nitrogen and oxygen atoms in total. The summed E-state index contributed by atoms with van der Waals surface area (Å²) in [5.41, 5.74) is 0. The highest BCUT2D eigenvalue weighted by Gasteiger charge is 2.29. The molecular weight excluding hydrogens is 163 g/mol. The summed E-state index contributed by atoms with van der Waals surface area (Å²) >= 11 is 0. The second kappa shape index (κ2) is 4.61. The Morgan fingerprint density at radius 2 is 1.83 bits per heavy atom. The highest BCUT2D eigenvalue weighted by Crippen LogP contribution is 2.41. The molecule has 0 aliphatic heterocycles. The first-order valence-corrected chi connectivity index (χ1v) is 6.03. The topological polar surface area (TPSA) is 0 Å². The summed E-state index contributed by atoms with van der Waals surface area (Å²) in [7, 11) is 3.10. The van der Waals surface area contributed by atoms with Crippen molar-refractivity contribution in [2.45, 2.75) is 63.9 Å². The van der Waals surface area contributed by atoms with Crippen molar-refractivity contribution in [3.05, 3.63) is 0 Å². The van der Waals surface area contributed by atoms with Gasteiger partial charge in [-0.25, -0.2) is 0 Å². The molecule has 0 radical (unpaired) electrons. The summed E-state index contributed by atoms with van der Waals surface area (Å²) in [5, 5.41) is 0.537. The normalized spacial score (nSPS) is 25.2. The van der Waals surface area contributed by atoms with E-state index < -0.39 is 0 Å². The van der Waals surface area contributed by atoms with E-state index in [1.807, 2.05) is 0 Å². The SMILES string of the molecule is CCCC(C)(P)C1CCCCC1. The summed E-state index contributed by atoms with van der Waals surface area (Å²) in [5.74, 6) is 0.983. The van der Waals surface area contributed by atoms with E-state index in [9.17, 15) is 0 Å². The Hall–Kier alpha value is 0.430. The Labute approximate surface area is 79.7 Å². The molecule has 0 amide bonds. The van der Waals surface area contributed by atoms with Gasteiger partial charge in [-0.2, -0.15) is 0 Å². The van der Waals surface area contributed by atoms with Crippen molar-refractivity contribution in [3.8, 4) is 0 Å². The fraction of sp³-hybridized carbons (Fsp3) is 1.00. The van der Waals surface area contributed by atoms with E-state index in [-0.39, 0.29) is 0 Å². The van der Waals surface area contributed by atoms with Crippen LogP contribution in [0.1, 0.15) is 58.8 Å². The average Bonchev–Trinajstić information content (AvgIpc) is 2.06. The minimum Gasteiger partial charge on any atom is -0.131 e. The Morgan fingerprint density at radius 3 is 2.33 bits per heavy atom. The molecule has 1 rings (SSSR count). The van der Waals surface area contributed by atoms with Crippen LogP contribution in [-0.4, -0.2) is 5.16 Å². The van der Waals surface area contributed by atoms with Crippen molar-refractivity contribution in [2.24, 2.45) is 5.92 Å². The van der Waals surface area contributed by atoms with Gasteiger partial charge in [-0.15, -0.1) is 9.24 Å². The van der Waals surface area contributed by atoms with Gasteiger partial charge in [-0.05, 0) is 30.3 Å². The minimum absolute atomic E-state index is 0.537. The van der Waals surface area contributed by atoms with Crippen molar-refractivity contribution < 1.29 is 0 Å². The lowest BCUT2D eigenvalue weighted by atomic mass is 9.78. The molecule has 0 heterocycles. The van der Waals surface area contributed by atoms with Gasteiger partial charge < -0.3 is 0 Å². The summed E-state index contributed by atoms with van der Waals surface area (Å²) < 4.78 is 0. The Kier molecular flexibility index (Phi) is 4.03. The van der Waals surface area contributed by atoms with Gasteiger partial charge in [-0.3, -0.25) is 0 Å². The zero-order chi connectivity index (χ0) is 9.03. The van der Waals surface area contributed by atoms with Gasteiger partial charge in [0.2, 0.25) is 0 Å². The van der Waals surface area contributed by atoms with Crippen molar-refractivity contribution in [1.82, 2.24) is 0 Å². The first kappa shape index (κ1) is 10.5. The van der Waals surface area contributed by atoms with E-state index >= 15 is 0 Å². The van der Waals surface area contributed by atoms with E-state index in [2.05, 4.69) is 23.1 Å². The van der Waals surface area contributed by atoms with Gasteiger partial charge in [0.1, 0.15) is 0 Å². The van der Waals surface area contributed by atoms with Crippen LogP contribution in [0.4, 0.5) is 0 Å². The lowest BCUT2D eigenvalue weighted by Gasteiger charge is -2.36. The minimum atomic E-state index is 0.537. The third-order valence-electron chi connectivity index (χ3n) is 3.33. The second-order valence-electron chi connectivity index (χ2n) is 4.59. The molecule has 12 heavy (non-hydrogen) atoms. The van der Waals surface area contributed by atoms with Gasteiger partial charge in [-0.1, -0.05) is 39.5 Å². The third-order valence-corrected chi connectivity index (χ3v) is 4.09. The van der Waals surface area contributed by atoms with Crippen molar-refractivity contribution in [1.29, 1.82) is 0 Å². The first-order valence-electron chi connectivity index (χ1n) is 5.45. The van der Waals surface area contributed by atoms with Crippen molar-refractivity contribution in [3.63, 3.8) is 0 Å². The van der Waals surface area contributed by atoms with Gasteiger partial charge in [0, 0.05) is 0 Å². The van der Waals surface area contributed by atoms with Crippen molar-refractivity contribution >= 4 is 9.24 Å². The molecule has 2 unspecified atom stereocenters. The summed E-state index contributed by atoms with van der Waals surface area (Å²) in [6.45, 7) is 4.72. The van der Waals surface area contributed by atoms with E-state index in [1.165, 1.54) is 44.9 Å². The molecular formula is C11H23P. The fourth-order valence-electron chi connectivity index (χ4n) is 2.50. The molecule has 0 saturated heterocycles. The maximum absolute atomic E-state index is 3.10. The quantitative estimate of drug-likeness (QED) is 0.584. The van der Waals surface area contributed by atoms with Crippen LogP contribution in [0.2, 0.25) is 0 Å². The molecule has 0 aromatic heterocycles. The van der Waals surface area contributed by atoms with Crippen LogP contribution in [-0.2, 0) is 0 Å². The molecule has 1 aliphatic carbocycles. The Bertz CT molecular complexity index is 123. The molecule has 1 heteroatoms. The summed E-state index contributed by atoms with van der Waals surface area (Å²) in [4.78, 5) is 0. The van der Waals surface area contributed by atoms with Crippen LogP contribution in [0.5, 0.6) is 0 Å². The number of rotatable bonds is 3. The Balaban J connectivity index is 2.41. The predicted octanol–water partition coefficient (Wildman–Crippen LogP) is 4.00. The maximum atomic E-state index is 3.10. The van der Waals surface area contributed by atoms with Crippen LogP contribution in [0.25, 0.3) is 0 Å². The van der Waals surface area contributed by atoms with Crippen molar-refractivity contribution in [2.75, 3.05) is 0 Å². The maximum Gasteiger partial charge on any atom is -0.0150 e. The molecule has 1 fully saturated rings. The zero-order valence-electron chi connectivity index (χ0n) is 8.60. The van der Waals surface area contributed by atoms with E-state index in [0.29, 0.717) is 5.16 Å². The predicted molar refractivity (Wildman–Crippen MR) is 59.6 cm³/mol. The summed E-state index contributed by atoms with van der Waals surface area (Å²) in [6.07, 6.45) is 10.1.